The minimum atomic E-state index is -2.95. The highest BCUT2D eigenvalue weighted by molar-refractivity contribution is 7.91. The van der Waals surface area contributed by atoms with Gasteiger partial charge in [-0.15, -0.1) is 0 Å². The van der Waals surface area contributed by atoms with Gasteiger partial charge in [0.25, 0.3) is 0 Å². The summed E-state index contributed by atoms with van der Waals surface area (Å²) in [7, 11) is -2.95. The van der Waals surface area contributed by atoms with Gasteiger partial charge in [0.15, 0.2) is 9.84 Å². The SMILES string of the molecule is CCN(C(=O)CN1CCC(N)CC1)C1CCS(=O)(=O)C1. The van der Waals surface area contributed by atoms with Crippen molar-refractivity contribution < 1.29 is 13.2 Å². The number of carbonyl (C=O) groups excluding carboxylic acids is 1. The second-order valence-electron chi connectivity index (χ2n) is 5.85. The van der Waals surface area contributed by atoms with E-state index in [1.165, 1.54) is 0 Å². The Morgan fingerprint density at radius 1 is 1.30 bits per heavy atom. The molecule has 0 radical (unpaired) electrons. The second-order valence-corrected chi connectivity index (χ2v) is 8.08. The average Bonchev–Trinajstić information content (AvgIpc) is 2.73. The molecule has 0 bridgehead atoms. The van der Waals surface area contributed by atoms with Crippen LogP contribution in [0, 0.1) is 0 Å². The normalized spacial score (nSPS) is 27.6. The molecule has 0 aromatic carbocycles. The first-order valence-electron chi connectivity index (χ1n) is 7.39. The number of sulfone groups is 1. The molecule has 2 aliphatic rings. The van der Waals surface area contributed by atoms with Crippen LogP contribution >= 0.6 is 0 Å². The molecular formula is C13H25N3O3S. The standard InChI is InChI=1S/C13H25N3O3S/c1-2-16(12-5-8-20(18,19)10-12)13(17)9-15-6-3-11(14)4-7-15/h11-12H,2-10,14H2,1H3. The molecule has 2 rings (SSSR count). The fraction of sp³-hybridized carbons (Fsp3) is 0.923. The highest BCUT2D eigenvalue weighted by Gasteiger charge is 2.34. The fourth-order valence-electron chi connectivity index (χ4n) is 3.05. The number of carbonyl (C=O) groups is 1. The van der Waals surface area contributed by atoms with Crippen molar-refractivity contribution in [2.75, 3.05) is 37.7 Å². The van der Waals surface area contributed by atoms with Gasteiger partial charge in [-0.2, -0.15) is 0 Å². The summed E-state index contributed by atoms with van der Waals surface area (Å²) in [5, 5.41) is 0. The number of hydrogen-bond acceptors (Lipinski definition) is 5. The number of nitrogens with two attached hydrogens (primary N) is 1. The van der Waals surface area contributed by atoms with E-state index in [1.807, 2.05) is 6.92 Å². The summed E-state index contributed by atoms with van der Waals surface area (Å²) in [6.45, 7) is 4.58. The fourth-order valence-corrected chi connectivity index (χ4v) is 4.78. The minimum Gasteiger partial charge on any atom is -0.338 e. The van der Waals surface area contributed by atoms with Crippen molar-refractivity contribution in [2.24, 2.45) is 5.73 Å². The number of hydrogen-bond donors (Lipinski definition) is 1. The van der Waals surface area contributed by atoms with Crippen molar-refractivity contribution in [1.29, 1.82) is 0 Å². The smallest absolute Gasteiger partial charge is 0.237 e. The lowest BCUT2D eigenvalue weighted by molar-refractivity contribution is -0.134. The Balaban J connectivity index is 1.89. The number of nitrogens with zero attached hydrogens (tertiary/aromatic N) is 2. The van der Waals surface area contributed by atoms with E-state index in [9.17, 15) is 13.2 Å². The topological polar surface area (TPSA) is 83.7 Å². The van der Waals surface area contributed by atoms with Crippen LogP contribution in [-0.4, -0.2) is 73.9 Å². The van der Waals surface area contributed by atoms with Gasteiger partial charge in [-0.25, -0.2) is 8.42 Å². The number of amides is 1. The average molecular weight is 303 g/mol. The van der Waals surface area contributed by atoms with E-state index in [0.29, 0.717) is 19.5 Å². The molecule has 2 N–H and O–H groups in total. The number of rotatable bonds is 4. The van der Waals surface area contributed by atoms with Gasteiger partial charge in [-0.1, -0.05) is 0 Å². The molecule has 0 aromatic rings. The summed E-state index contributed by atoms with van der Waals surface area (Å²) in [4.78, 5) is 16.2. The summed E-state index contributed by atoms with van der Waals surface area (Å²) >= 11 is 0. The van der Waals surface area contributed by atoms with Gasteiger partial charge in [-0.05, 0) is 26.2 Å². The molecule has 116 valence electrons. The Labute approximate surface area is 121 Å². The second kappa shape index (κ2) is 6.41. The number of piperidine rings is 1. The molecule has 0 aliphatic carbocycles. The van der Waals surface area contributed by atoms with E-state index < -0.39 is 9.84 Å². The van der Waals surface area contributed by atoms with Gasteiger partial charge >= 0.3 is 0 Å². The Morgan fingerprint density at radius 3 is 2.45 bits per heavy atom. The van der Waals surface area contributed by atoms with E-state index in [-0.39, 0.29) is 29.5 Å². The van der Waals surface area contributed by atoms with Gasteiger partial charge in [0, 0.05) is 31.7 Å². The van der Waals surface area contributed by atoms with Crippen LogP contribution in [0.3, 0.4) is 0 Å². The molecule has 6 nitrogen and oxygen atoms in total. The Bertz CT molecular complexity index is 444. The molecule has 0 spiro atoms. The molecule has 20 heavy (non-hydrogen) atoms. The first-order valence-corrected chi connectivity index (χ1v) is 9.21. The molecule has 2 fully saturated rings. The molecule has 2 aliphatic heterocycles. The monoisotopic (exact) mass is 303 g/mol. The third-order valence-corrected chi connectivity index (χ3v) is 6.05. The van der Waals surface area contributed by atoms with Gasteiger partial charge < -0.3 is 10.6 Å². The third-order valence-electron chi connectivity index (χ3n) is 4.30. The Kier molecular flexibility index (Phi) is 5.04. The van der Waals surface area contributed by atoms with Crippen molar-refractivity contribution in [3.8, 4) is 0 Å². The van der Waals surface area contributed by atoms with Crippen LogP contribution in [0.4, 0.5) is 0 Å². The molecule has 2 saturated heterocycles. The summed E-state index contributed by atoms with van der Waals surface area (Å²) in [6, 6.07) is 0.119. The molecule has 1 atom stereocenters. The van der Waals surface area contributed by atoms with Crippen LogP contribution in [0.1, 0.15) is 26.2 Å². The summed E-state index contributed by atoms with van der Waals surface area (Å²) in [5.74, 6) is 0.377. The van der Waals surface area contributed by atoms with Crippen LogP contribution in [0.15, 0.2) is 0 Å². The lowest BCUT2D eigenvalue weighted by Gasteiger charge is -2.33. The predicted octanol–water partition coefficient (Wildman–Crippen LogP) is -0.555. The number of likely N-dealkylation sites (tertiary alicyclic amines) is 1. The van der Waals surface area contributed by atoms with Crippen molar-refractivity contribution in [3.63, 3.8) is 0 Å². The maximum atomic E-state index is 12.4. The van der Waals surface area contributed by atoms with E-state index in [0.717, 1.165) is 25.9 Å². The minimum absolute atomic E-state index is 0.0464. The van der Waals surface area contributed by atoms with Gasteiger partial charge in [0.05, 0.1) is 18.1 Å². The molecule has 2 heterocycles. The zero-order chi connectivity index (χ0) is 14.8. The van der Waals surface area contributed by atoms with Crippen LogP contribution < -0.4 is 5.73 Å². The summed E-state index contributed by atoms with van der Waals surface area (Å²) < 4.78 is 23.1. The van der Waals surface area contributed by atoms with Crippen LogP contribution in [0.25, 0.3) is 0 Å². The van der Waals surface area contributed by atoms with Crippen molar-refractivity contribution in [3.05, 3.63) is 0 Å². The zero-order valence-electron chi connectivity index (χ0n) is 12.1. The molecule has 1 unspecified atom stereocenters. The van der Waals surface area contributed by atoms with Crippen molar-refractivity contribution in [1.82, 2.24) is 9.80 Å². The highest BCUT2D eigenvalue weighted by atomic mass is 32.2. The van der Waals surface area contributed by atoms with Gasteiger partial charge in [-0.3, -0.25) is 9.69 Å². The first kappa shape index (κ1) is 15.7. The number of likely N-dealkylation sites (N-methyl/N-ethyl adjacent to an activating group) is 1. The maximum absolute atomic E-state index is 12.4. The molecule has 1 amide bonds. The maximum Gasteiger partial charge on any atom is 0.237 e. The molecule has 7 heteroatoms. The van der Waals surface area contributed by atoms with Crippen LogP contribution in [-0.2, 0) is 14.6 Å². The molecule has 0 aromatic heterocycles. The highest BCUT2D eigenvalue weighted by Crippen LogP contribution is 2.18. The molecular weight excluding hydrogens is 278 g/mol. The van der Waals surface area contributed by atoms with Crippen LogP contribution in [0.2, 0.25) is 0 Å². The Morgan fingerprint density at radius 2 is 1.95 bits per heavy atom. The van der Waals surface area contributed by atoms with E-state index >= 15 is 0 Å². The quantitative estimate of drug-likeness (QED) is 0.753. The van der Waals surface area contributed by atoms with Crippen molar-refractivity contribution >= 4 is 15.7 Å². The zero-order valence-corrected chi connectivity index (χ0v) is 12.9. The van der Waals surface area contributed by atoms with Crippen LogP contribution in [0.5, 0.6) is 0 Å². The third kappa shape index (κ3) is 3.93. The summed E-state index contributed by atoms with van der Waals surface area (Å²) in [6.07, 6.45) is 2.43. The van der Waals surface area contributed by atoms with E-state index in [1.54, 1.807) is 4.90 Å². The van der Waals surface area contributed by atoms with Gasteiger partial charge in [0.2, 0.25) is 5.91 Å². The van der Waals surface area contributed by atoms with Crippen molar-refractivity contribution in [2.45, 2.75) is 38.3 Å². The Hall–Kier alpha value is -0.660. The van der Waals surface area contributed by atoms with E-state index in [4.69, 9.17) is 5.73 Å². The predicted molar refractivity (Wildman–Crippen MR) is 78.1 cm³/mol. The largest absolute Gasteiger partial charge is 0.338 e. The van der Waals surface area contributed by atoms with E-state index in [2.05, 4.69) is 4.90 Å². The molecule has 0 saturated carbocycles. The van der Waals surface area contributed by atoms with Gasteiger partial charge in [0.1, 0.15) is 0 Å². The summed E-state index contributed by atoms with van der Waals surface area (Å²) in [5.41, 5.74) is 5.85. The lowest BCUT2D eigenvalue weighted by Crippen LogP contribution is -2.48. The lowest BCUT2D eigenvalue weighted by atomic mass is 10.1. The first-order chi connectivity index (χ1) is 9.41.